The molecule has 2 aromatic carbocycles. The van der Waals surface area contributed by atoms with Crippen molar-refractivity contribution in [3.8, 4) is 0 Å². The molecule has 0 nitrogen and oxygen atoms in total. The molecule has 0 amide bonds. The Hall–Kier alpha value is -3.82. The zero-order valence-corrected chi connectivity index (χ0v) is 30.3. The number of hydrogen-bond acceptors (Lipinski definition) is 0. The third-order valence-corrected chi connectivity index (χ3v) is 9.40. The van der Waals surface area contributed by atoms with Crippen molar-refractivity contribution in [3.05, 3.63) is 47.0 Å². The first kappa shape index (κ1) is 59.3. The van der Waals surface area contributed by atoms with Crippen LogP contribution in [0.25, 0.3) is 10.8 Å². The van der Waals surface area contributed by atoms with Crippen molar-refractivity contribution in [2.24, 2.45) is 0 Å². The summed E-state index contributed by atoms with van der Waals surface area (Å²) in [6.45, 7) is 0. The Balaban J connectivity index is 3.29. The number of rotatable bonds is 21. The predicted octanol–water partition coefficient (Wildman–Crippen LogP) is 14.8. The van der Waals surface area contributed by atoms with Crippen LogP contribution in [-0.2, 0) is 19.3 Å². The Bertz CT molecular complexity index is 2070. The summed E-state index contributed by atoms with van der Waals surface area (Å²) < 4.78 is 505. The van der Waals surface area contributed by atoms with Gasteiger partial charge < -0.3 is 0 Å². The Morgan fingerprint density at radius 2 is 0.552 bits per heavy atom. The van der Waals surface area contributed by atoms with Crippen molar-refractivity contribution >= 4 is 10.8 Å². The number of halogens is 36. The van der Waals surface area contributed by atoms with E-state index in [-0.39, 0.29) is 24.3 Å². The lowest BCUT2D eigenvalue weighted by Crippen LogP contribution is -2.69. The average molecular weight is 1070 g/mol. The smallest absolute Gasteiger partial charge is 0.203 e. The Labute approximate surface area is 344 Å². The molecule has 0 atom stereocenters. The number of benzene rings is 2. The molecule has 0 fully saturated rings. The molecule has 0 unspecified atom stereocenters. The highest BCUT2D eigenvalue weighted by molar-refractivity contribution is 5.88. The van der Waals surface area contributed by atoms with E-state index in [1.165, 1.54) is 0 Å². The normalized spacial score (nSPS) is 16.0. The van der Waals surface area contributed by atoms with Gasteiger partial charge in [0, 0.05) is 19.3 Å². The molecule has 0 aliphatic rings. The minimum absolute atomic E-state index is 0.0511. The number of alkyl halides is 36. The van der Waals surface area contributed by atoms with Gasteiger partial charge in [-0.05, 0) is 27.5 Å². The second-order valence-electron chi connectivity index (χ2n) is 13.8. The van der Waals surface area contributed by atoms with Gasteiger partial charge in [0.25, 0.3) is 0 Å². The molecule has 0 aliphatic heterocycles. The molecule has 0 saturated carbocycles. The van der Waals surface area contributed by atoms with Crippen LogP contribution in [0.15, 0.2) is 30.3 Å². The van der Waals surface area contributed by atoms with Crippen LogP contribution < -0.4 is 0 Å². The summed E-state index contributed by atoms with van der Waals surface area (Å²) in [4.78, 5) is 0. The van der Waals surface area contributed by atoms with Crippen molar-refractivity contribution < 1.29 is 158 Å². The molecule has 36 heteroatoms. The molecule has 0 saturated heterocycles. The Kier molecular flexibility index (Phi) is 14.7. The van der Waals surface area contributed by atoms with E-state index < -0.39 is 161 Å². The minimum Gasteiger partial charge on any atom is -0.203 e. The first-order chi connectivity index (χ1) is 29.1. The van der Waals surface area contributed by atoms with E-state index in [4.69, 9.17) is 0 Å². The highest BCUT2D eigenvalue weighted by atomic mass is 19.4. The van der Waals surface area contributed by atoms with E-state index in [0.717, 1.165) is 0 Å². The second kappa shape index (κ2) is 16.7. The summed E-state index contributed by atoms with van der Waals surface area (Å²) in [5.74, 6) is -125. The second-order valence-corrected chi connectivity index (χ2v) is 13.8. The summed E-state index contributed by atoms with van der Waals surface area (Å²) in [5.41, 5.74) is -9.96. The molecule has 67 heavy (non-hydrogen) atoms. The Morgan fingerprint density at radius 3 is 0.836 bits per heavy atom. The van der Waals surface area contributed by atoms with Crippen molar-refractivity contribution in [2.45, 2.75) is 127 Å². The Morgan fingerprint density at radius 1 is 0.299 bits per heavy atom. The third-order valence-electron chi connectivity index (χ3n) is 9.40. The fourth-order valence-electron chi connectivity index (χ4n) is 5.44. The molecule has 0 aliphatic carbocycles. The summed E-state index contributed by atoms with van der Waals surface area (Å²) in [6, 6.07) is -0.743. The third kappa shape index (κ3) is 8.35. The van der Waals surface area contributed by atoms with Crippen LogP contribution >= 0.6 is 0 Å². The minimum atomic E-state index is -8.80. The summed E-state index contributed by atoms with van der Waals surface area (Å²) >= 11 is 0. The summed E-state index contributed by atoms with van der Waals surface area (Å²) in [5, 5.41) is -3.82. The lowest BCUT2D eigenvalue weighted by Gasteiger charge is -2.41. The van der Waals surface area contributed by atoms with Crippen LogP contribution in [0.4, 0.5) is 158 Å². The number of fused-ring (bicyclic) bond motifs is 1. The van der Waals surface area contributed by atoms with Crippen LogP contribution in [0, 0.1) is 0 Å². The maximum Gasteiger partial charge on any atom is 0.384 e. The van der Waals surface area contributed by atoms with Gasteiger partial charge in [-0.3, -0.25) is 0 Å². The fourth-order valence-corrected chi connectivity index (χ4v) is 5.44. The quantitative estimate of drug-likeness (QED) is 0.109. The van der Waals surface area contributed by atoms with Gasteiger partial charge in [-0.2, -0.15) is 132 Å². The largest absolute Gasteiger partial charge is 0.384 e. The van der Waals surface area contributed by atoms with Gasteiger partial charge in [0.15, 0.2) is 0 Å². The van der Waals surface area contributed by atoms with Gasteiger partial charge >= 0.3 is 108 Å². The highest BCUT2D eigenvalue weighted by Gasteiger charge is 2.90. The molecule has 2 aromatic rings. The lowest BCUT2D eigenvalue weighted by atomic mass is 9.81. The van der Waals surface area contributed by atoms with Crippen LogP contribution in [0.5, 0.6) is 0 Å². The molecule has 0 spiro atoms. The van der Waals surface area contributed by atoms with E-state index in [0.29, 0.717) is 0 Å². The van der Waals surface area contributed by atoms with E-state index >= 15 is 26.3 Å². The highest BCUT2D eigenvalue weighted by Crippen LogP contribution is 2.63. The van der Waals surface area contributed by atoms with E-state index in [1.807, 2.05) is 0 Å². The maximum atomic E-state index is 15.3. The molecular formula is C31H14F36. The lowest BCUT2D eigenvalue weighted by molar-refractivity contribution is -0.413. The molecule has 0 heterocycles. The summed E-state index contributed by atoms with van der Waals surface area (Å²) in [6.07, 6.45) is -32.0. The van der Waals surface area contributed by atoms with Gasteiger partial charge in [0.05, 0.1) is 0 Å². The molecule has 390 valence electrons. The van der Waals surface area contributed by atoms with Crippen LogP contribution in [-0.4, -0.2) is 108 Å². The summed E-state index contributed by atoms with van der Waals surface area (Å²) in [7, 11) is 0. The van der Waals surface area contributed by atoms with Crippen molar-refractivity contribution in [2.75, 3.05) is 0 Å². The van der Waals surface area contributed by atoms with Crippen LogP contribution in [0.1, 0.15) is 16.7 Å². The van der Waals surface area contributed by atoms with Crippen LogP contribution in [0.2, 0.25) is 0 Å². The standard InChI is InChI=1S/C31H14F36/c32-14(33)20(44,45)26(56,57)29(62,63)23(50,51)17(38,39)6-10-5-9-3-1-2-4-11(9)13(8-19(42,43)25(54,55)31(66,67)28(60,61)22(48,49)16(36)37)12(10)7-18(40,41)24(52,53)30(64,65)27(58,59)21(46,47)15(34)35/h1-5,14-16H,6-8H2. The average Bonchev–Trinajstić information content (AvgIpc) is 3.14. The van der Waals surface area contributed by atoms with Gasteiger partial charge in [-0.15, -0.1) is 0 Å². The van der Waals surface area contributed by atoms with Gasteiger partial charge in [-0.1, -0.05) is 30.3 Å². The van der Waals surface area contributed by atoms with Crippen molar-refractivity contribution in [1.29, 1.82) is 0 Å². The SMILES string of the molecule is FC(F)C(F)(F)C(F)(F)C(F)(F)C(F)(F)C(F)(F)Cc1cc2ccccc2c(CC(F)(F)C(F)(F)C(F)(F)C(F)(F)C(F)(F)C(F)F)c1CC(F)(F)C(F)(F)C(F)(F)C(F)(F)C(F)(F)C(F)F. The van der Waals surface area contributed by atoms with E-state index in [1.54, 1.807) is 0 Å². The zero-order chi connectivity index (χ0) is 53.8. The molecule has 0 N–H and O–H groups in total. The van der Waals surface area contributed by atoms with E-state index in [9.17, 15) is 132 Å². The monoisotopic (exact) mass is 1070 g/mol. The zero-order valence-electron chi connectivity index (χ0n) is 30.3. The molecule has 0 radical (unpaired) electrons. The molecule has 0 aromatic heterocycles. The van der Waals surface area contributed by atoms with Crippen LogP contribution in [0.3, 0.4) is 0 Å². The van der Waals surface area contributed by atoms with Gasteiger partial charge in [-0.25, -0.2) is 26.3 Å². The first-order valence-electron chi connectivity index (χ1n) is 16.1. The van der Waals surface area contributed by atoms with Crippen molar-refractivity contribution in [1.82, 2.24) is 0 Å². The van der Waals surface area contributed by atoms with E-state index in [2.05, 4.69) is 0 Å². The van der Waals surface area contributed by atoms with Crippen molar-refractivity contribution in [3.63, 3.8) is 0 Å². The predicted molar refractivity (Wildman–Crippen MR) is 147 cm³/mol. The number of hydrogen-bond donors (Lipinski definition) is 0. The molecule has 0 bridgehead atoms. The fraction of sp³-hybridized carbons (Fsp3) is 0.677. The molecule has 2 rings (SSSR count). The molecular weight excluding hydrogens is 1060 g/mol. The first-order valence-corrected chi connectivity index (χ1v) is 16.1. The van der Waals surface area contributed by atoms with Gasteiger partial charge in [0.2, 0.25) is 0 Å². The van der Waals surface area contributed by atoms with Gasteiger partial charge in [0.1, 0.15) is 0 Å². The topological polar surface area (TPSA) is 0 Å². The maximum absolute atomic E-state index is 15.3.